The fourth-order valence-corrected chi connectivity index (χ4v) is 2.56. The van der Waals surface area contributed by atoms with Crippen LogP contribution in [0.5, 0.6) is 0 Å². The Kier molecular flexibility index (Phi) is 5.95. The van der Waals surface area contributed by atoms with E-state index in [0.717, 1.165) is 0 Å². The first-order valence-electron chi connectivity index (χ1n) is 6.99. The van der Waals surface area contributed by atoms with Crippen molar-refractivity contribution < 1.29 is 19.5 Å². The molecular formula is C13H24N4O4. The third-order valence-electron chi connectivity index (χ3n) is 3.68. The van der Waals surface area contributed by atoms with Crippen molar-refractivity contribution in [3.05, 3.63) is 0 Å². The van der Waals surface area contributed by atoms with Gasteiger partial charge in [-0.2, -0.15) is 0 Å². The molecule has 1 heterocycles. The van der Waals surface area contributed by atoms with Crippen LogP contribution in [-0.4, -0.2) is 83.5 Å². The lowest BCUT2D eigenvalue weighted by atomic mass is 10.0. The minimum atomic E-state index is -0.658. The van der Waals surface area contributed by atoms with Gasteiger partial charge < -0.3 is 25.5 Å². The highest BCUT2D eigenvalue weighted by molar-refractivity contribution is 5.86. The first kappa shape index (κ1) is 17.2. The molecule has 1 atom stereocenters. The van der Waals surface area contributed by atoms with Gasteiger partial charge in [0.05, 0.1) is 0 Å². The second kappa shape index (κ2) is 7.26. The van der Waals surface area contributed by atoms with E-state index in [1.165, 1.54) is 9.80 Å². The minimum absolute atomic E-state index is 0.0753. The van der Waals surface area contributed by atoms with E-state index in [9.17, 15) is 14.4 Å². The average Bonchev–Trinajstić information content (AvgIpc) is 2.45. The third kappa shape index (κ3) is 4.07. The highest BCUT2D eigenvalue weighted by Gasteiger charge is 2.32. The Balaban J connectivity index is 2.64. The van der Waals surface area contributed by atoms with Gasteiger partial charge in [-0.05, 0) is 5.92 Å². The number of primary amides is 1. The molecule has 0 unspecified atom stereocenters. The number of hydrogen-bond donors (Lipinski definition) is 2. The van der Waals surface area contributed by atoms with Gasteiger partial charge in [-0.3, -0.25) is 9.59 Å². The standard InChI is InChI=1S/C13H24N4O4/c1-9(2)11(12(14)20)15(3)13(21)17-6-4-16(5-7-17)10(19)8-18/h9,11,18H,4-8H2,1-3H3,(H2,14,20)/t11-/m0/s1. The molecule has 0 bridgehead atoms. The van der Waals surface area contributed by atoms with E-state index in [2.05, 4.69) is 0 Å². The number of carbonyl (C=O) groups is 3. The van der Waals surface area contributed by atoms with E-state index in [-0.39, 0.29) is 17.9 Å². The highest BCUT2D eigenvalue weighted by Crippen LogP contribution is 2.13. The summed E-state index contributed by atoms with van der Waals surface area (Å²) in [7, 11) is 1.56. The normalized spacial score (nSPS) is 16.8. The molecule has 1 aliphatic heterocycles. The van der Waals surface area contributed by atoms with Gasteiger partial charge in [0.25, 0.3) is 0 Å². The van der Waals surface area contributed by atoms with Crippen LogP contribution in [0.1, 0.15) is 13.8 Å². The summed E-state index contributed by atoms with van der Waals surface area (Å²) in [6, 6.07) is -0.932. The van der Waals surface area contributed by atoms with Crippen LogP contribution in [0.25, 0.3) is 0 Å². The molecule has 0 saturated carbocycles. The van der Waals surface area contributed by atoms with Crippen LogP contribution in [0, 0.1) is 5.92 Å². The van der Waals surface area contributed by atoms with Crippen molar-refractivity contribution in [2.45, 2.75) is 19.9 Å². The van der Waals surface area contributed by atoms with E-state index in [0.29, 0.717) is 26.2 Å². The van der Waals surface area contributed by atoms with Crippen molar-refractivity contribution in [1.82, 2.24) is 14.7 Å². The predicted molar refractivity (Wildman–Crippen MR) is 76.2 cm³/mol. The zero-order valence-corrected chi connectivity index (χ0v) is 12.8. The average molecular weight is 300 g/mol. The van der Waals surface area contributed by atoms with E-state index < -0.39 is 18.6 Å². The maximum absolute atomic E-state index is 12.4. The maximum atomic E-state index is 12.4. The summed E-state index contributed by atoms with van der Waals surface area (Å²) >= 11 is 0. The Hall–Kier alpha value is -1.83. The Morgan fingerprint density at radius 2 is 1.62 bits per heavy atom. The second-order valence-electron chi connectivity index (χ2n) is 5.51. The summed E-state index contributed by atoms with van der Waals surface area (Å²) in [5, 5.41) is 8.81. The summed E-state index contributed by atoms with van der Waals surface area (Å²) in [5.41, 5.74) is 5.35. The molecule has 0 radical (unpaired) electrons. The fourth-order valence-electron chi connectivity index (χ4n) is 2.56. The number of aliphatic hydroxyl groups is 1. The van der Waals surface area contributed by atoms with Crippen molar-refractivity contribution in [3.63, 3.8) is 0 Å². The number of hydrogen-bond acceptors (Lipinski definition) is 4. The van der Waals surface area contributed by atoms with Crippen molar-refractivity contribution >= 4 is 17.8 Å². The number of urea groups is 1. The third-order valence-corrected chi connectivity index (χ3v) is 3.68. The SMILES string of the molecule is CC(C)[C@@H](C(N)=O)N(C)C(=O)N1CCN(C(=O)CO)CC1. The fraction of sp³-hybridized carbons (Fsp3) is 0.769. The number of amides is 4. The number of nitrogens with two attached hydrogens (primary N) is 1. The first-order chi connectivity index (χ1) is 9.79. The van der Waals surface area contributed by atoms with E-state index in [4.69, 9.17) is 10.8 Å². The largest absolute Gasteiger partial charge is 0.387 e. The Bertz CT molecular complexity index is 405. The highest BCUT2D eigenvalue weighted by atomic mass is 16.3. The molecule has 0 aromatic rings. The molecule has 0 aromatic heterocycles. The molecule has 120 valence electrons. The van der Waals surface area contributed by atoms with Gasteiger partial charge in [-0.25, -0.2) is 4.79 Å². The molecule has 0 aliphatic carbocycles. The van der Waals surface area contributed by atoms with Crippen molar-refractivity contribution in [1.29, 1.82) is 0 Å². The van der Waals surface area contributed by atoms with E-state index in [1.807, 2.05) is 13.8 Å². The van der Waals surface area contributed by atoms with Crippen LogP contribution < -0.4 is 5.73 Å². The zero-order valence-electron chi connectivity index (χ0n) is 12.8. The molecule has 0 aromatic carbocycles. The summed E-state index contributed by atoms with van der Waals surface area (Å²) in [4.78, 5) is 39.7. The van der Waals surface area contributed by atoms with E-state index >= 15 is 0 Å². The van der Waals surface area contributed by atoms with Gasteiger partial charge in [-0.1, -0.05) is 13.8 Å². The number of carbonyl (C=O) groups excluding carboxylic acids is 3. The molecule has 3 N–H and O–H groups in total. The molecule has 4 amide bonds. The van der Waals surface area contributed by atoms with Crippen LogP contribution >= 0.6 is 0 Å². The molecular weight excluding hydrogens is 276 g/mol. The number of aliphatic hydroxyl groups excluding tert-OH is 1. The summed E-state index contributed by atoms with van der Waals surface area (Å²) in [6.07, 6.45) is 0. The lowest BCUT2D eigenvalue weighted by Crippen LogP contribution is -2.57. The molecule has 8 heteroatoms. The number of nitrogens with zero attached hydrogens (tertiary/aromatic N) is 3. The van der Waals surface area contributed by atoms with Gasteiger partial charge >= 0.3 is 6.03 Å². The molecule has 1 aliphatic rings. The van der Waals surface area contributed by atoms with Crippen molar-refractivity contribution in [3.8, 4) is 0 Å². The van der Waals surface area contributed by atoms with Crippen LogP contribution in [-0.2, 0) is 9.59 Å². The monoisotopic (exact) mass is 300 g/mol. The van der Waals surface area contributed by atoms with Crippen molar-refractivity contribution in [2.75, 3.05) is 39.8 Å². The second-order valence-corrected chi connectivity index (χ2v) is 5.51. The molecule has 8 nitrogen and oxygen atoms in total. The Morgan fingerprint density at radius 3 is 2.00 bits per heavy atom. The van der Waals surface area contributed by atoms with Gasteiger partial charge in [0.1, 0.15) is 12.6 Å². The predicted octanol–water partition coefficient (Wildman–Crippen LogP) is -1.32. The van der Waals surface area contributed by atoms with E-state index in [1.54, 1.807) is 11.9 Å². The number of likely N-dealkylation sites (N-methyl/N-ethyl adjacent to an activating group) is 1. The van der Waals surface area contributed by atoms with Crippen LogP contribution in [0.2, 0.25) is 0 Å². The van der Waals surface area contributed by atoms with Gasteiger partial charge in [0, 0.05) is 33.2 Å². The lowest BCUT2D eigenvalue weighted by molar-refractivity contribution is -0.135. The zero-order chi connectivity index (χ0) is 16.2. The minimum Gasteiger partial charge on any atom is -0.387 e. The lowest BCUT2D eigenvalue weighted by Gasteiger charge is -2.38. The van der Waals surface area contributed by atoms with Crippen molar-refractivity contribution in [2.24, 2.45) is 11.7 Å². The molecule has 1 fully saturated rings. The Morgan fingerprint density at radius 1 is 1.14 bits per heavy atom. The summed E-state index contributed by atoms with van der Waals surface area (Å²) < 4.78 is 0. The van der Waals surface area contributed by atoms with Crippen LogP contribution in [0.15, 0.2) is 0 Å². The molecule has 0 spiro atoms. The van der Waals surface area contributed by atoms with Gasteiger partial charge in [0.2, 0.25) is 11.8 Å². The van der Waals surface area contributed by atoms with Gasteiger partial charge in [0.15, 0.2) is 0 Å². The topological polar surface area (TPSA) is 107 Å². The molecule has 1 saturated heterocycles. The maximum Gasteiger partial charge on any atom is 0.320 e. The van der Waals surface area contributed by atoms with Crippen LogP contribution in [0.3, 0.4) is 0 Å². The first-order valence-corrected chi connectivity index (χ1v) is 6.99. The molecule has 1 rings (SSSR count). The van der Waals surface area contributed by atoms with Crippen LogP contribution in [0.4, 0.5) is 4.79 Å². The summed E-state index contributed by atoms with van der Waals surface area (Å²) in [6.45, 7) is 4.64. The smallest absolute Gasteiger partial charge is 0.320 e. The van der Waals surface area contributed by atoms with Gasteiger partial charge in [-0.15, -0.1) is 0 Å². The summed E-state index contributed by atoms with van der Waals surface area (Å²) in [5.74, 6) is -0.948. The number of piperazine rings is 1. The number of rotatable bonds is 4. The Labute approximate surface area is 124 Å². The molecule has 21 heavy (non-hydrogen) atoms. The quantitative estimate of drug-likeness (QED) is 0.671.